The second-order valence-corrected chi connectivity index (χ2v) is 5.70. The number of nitrogens with one attached hydrogen (secondary N) is 2. The molecule has 0 atom stereocenters. The van der Waals surface area contributed by atoms with Crippen molar-refractivity contribution in [1.29, 1.82) is 5.26 Å². The fraction of sp³-hybridized carbons (Fsp3) is 0.0476. The van der Waals surface area contributed by atoms with Crippen molar-refractivity contribution in [3.8, 4) is 6.07 Å². The molecule has 7 heteroatoms. The van der Waals surface area contributed by atoms with Crippen molar-refractivity contribution < 1.29 is 14.3 Å². The van der Waals surface area contributed by atoms with Gasteiger partial charge in [-0.15, -0.1) is 0 Å². The number of esters is 1. The number of ether oxygens (including phenoxy) is 1. The van der Waals surface area contributed by atoms with E-state index in [4.69, 9.17) is 4.74 Å². The highest BCUT2D eigenvalue weighted by atomic mass is 16.5. The number of nitrogens with zero attached hydrogens (tertiary/aromatic N) is 2. The van der Waals surface area contributed by atoms with Crippen LogP contribution in [0.2, 0.25) is 0 Å². The highest BCUT2D eigenvalue weighted by molar-refractivity contribution is 6.08. The van der Waals surface area contributed by atoms with E-state index in [0.29, 0.717) is 28.3 Å². The standard InChI is InChI=1S/C21H16N4O3/c1-28-21(27)16-7-3-5-9-18(16)25-20(26)14-10-11-23-19(12-14)24-17-8-4-2-6-15(17)13-22/h2-12H,1H3,(H,23,24)(H,25,26). The Balaban J connectivity index is 1.82. The van der Waals surface area contributed by atoms with E-state index in [-0.39, 0.29) is 5.56 Å². The van der Waals surface area contributed by atoms with E-state index in [1.54, 1.807) is 60.7 Å². The lowest BCUT2D eigenvalue weighted by Gasteiger charge is -2.11. The molecule has 3 rings (SSSR count). The second-order valence-electron chi connectivity index (χ2n) is 5.70. The zero-order chi connectivity index (χ0) is 19.9. The summed E-state index contributed by atoms with van der Waals surface area (Å²) in [6, 6.07) is 18.8. The van der Waals surface area contributed by atoms with Crippen molar-refractivity contribution in [2.24, 2.45) is 0 Å². The molecule has 138 valence electrons. The van der Waals surface area contributed by atoms with Crippen LogP contribution in [0.25, 0.3) is 0 Å². The molecule has 0 aliphatic rings. The van der Waals surface area contributed by atoms with Gasteiger partial charge in [0.25, 0.3) is 5.91 Å². The molecule has 7 nitrogen and oxygen atoms in total. The summed E-state index contributed by atoms with van der Waals surface area (Å²) >= 11 is 0. The average molecular weight is 372 g/mol. The van der Waals surface area contributed by atoms with E-state index in [1.165, 1.54) is 13.3 Å². The molecule has 0 fully saturated rings. The van der Waals surface area contributed by atoms with Crippen molar-refractivity contribution in [2.75, 3.05) is 17.7 Å². The third kappa shape index (κ3) is 4.14. The number of carbonyl (C=O) groups excluding carboxylic acids is 2. The summed E-state index contributed by atoms with van der Waals surface area (Å²) in [6.07, 6.45) is 1.48. The lowest BCUT2D eigenvalue weighted by Crippen LogP contribution is -2.15. The Morgan fingerprint density at radius 2 is 1.75 bits per heavy atom. The Morgan fingerprint density at radius 3 is 2.50 bits per heavy atom. The molecule has 0 saturated carbocycles. The Kier molecular flexibility index (Phi) is 5.63. The largest absolute Gasteiger partial charge is 0.465 e. The number of anilines is 3. The lowest BCUT2D eigenvalue weighted by molar-refractivity contribution is 0.0602. The summed E-state index contributed by atoms with van der Waals surface area (Å²) < 4.78 is 4.73. The molecule has 0 aliphatic carbocycles. The number of para-hydroxylation sites is 2. The third-order valence-corrected chi connectivity index (χ3v) is 3.91. The molecule has 2 aromatic carbocycles. The van der Waals surface area contributed by atoms with Crippen molar-refractivity contribution in [3.05, 3.63) is 83.6 Å². The maximum Gasteiger partial charge on any atom is 0.339 e. The SMILES string of the molecule is COC(=O)c1ccccc1NC(=O)c1ccnc(Nc2ccccc2C#N)c1. The molecule has 0 spiro atoms. The highest BCUT2D eigenvalue weighted by Gasteiger charge is 2.15. The van der Waals surface area contributed by atoms with Crippen LogP contribution < -0.4 is 10.6 Å². The van der Waals surface area contributed by atoms with Crippen LogP contribution in [0.5, 0.6) is 0 Å². The number of methoxy groups -OCH3 is 1. The van der Waals surface area contributed by atoms with Crippen molar-refractivity contribution >= 4 is 29.1 Å². The lowest BCUT2D eigenvalue weighted by atomic mass is 10.1. The maximum absolute atomic E-state index is 12.6. The summed E-state index contributed by atoms with van der Waals surface area (Å²) in [7, 11) is 1.28. The van der Waals surface area contributed by atoms with Crippen LogP contribution in [-0.4, -0.2) is 24.0 Å². The van der Waals surface area contributed by atoms with Gasteiger partial charge in [-0.1, -0.05) is 24.3 Å². The first-order valence-corrected chi connectivity index (χ1v) is 8.33. The van der Waals surface area contributed by atoms with Crippen LogP contribution in [0.15, 0.2) is 66.9 Å². The summed E-state index contributed by atoms with van der Waals surface area (Å²) in [5.41, 5.74) is 2.00. The van der Waals surface area contributed by atoms with E-state index in [9.17, 15) is 14.9 Å². The van der Waals surface area contributed by atoms with Crippen LogP contribution in [0.3, 0.4) is 0 Å². The third-order valence-electron chi connectivity index (χ3n) is 3.91. The average Bonchev–Trinajstić information content (AvgIpc) is 2.74. The fourth-order valence-corrected chi connectivity index (χ4v) is 2.54. The molecule has 1 amide bonds. The number of benzene rings is 2. The molecule has 0 saturated heterocycles. The van der Waals surface area contributed by atoms with Gasteiger partial charge in [-0.2, -0.15) is 5.26 Å². The van der Waals surface area contributed by atoms with Crippen LogP contribution in [-0.2, 0) is 4.74 Å². The fourth-order valence-electron chi connectivity index (χ4n) is 2.54. The van der Waals surface area contributed by atoms with E-state index in [2.05, 4.69) is 21.7 Å². The van der Waals surface area contributed by atoms with Crippen LogP contribution >= 0.6 is 0 Å². The summed E-state index contributed by atoms with van der Waals surface area (Å²) in [6.45, 7) is 0. The van der Waals surface area contributed by atoms with Crippen LogP contribution in [0.1, 0.15) is 26.3 Å². The number of hydrogen-bond donors (Lipinski definition) is 2. The van der Waals surface area contributed by atoms with Gasteiger partial charge in [-0.25, -0.2) is 9.78 Å². The molecule has 3 aromatic rings. The van der Waals surface area contributed by atoms with Gasteiger partial charge in [-0.3, -0.25) is 4.79 Å². The Hall–Kier alpha value is -4.18. The van der Waals surface area contributed by atoms with Crippen LogP contribution in [0.4, 0.5) is 17.2 Å². The van der Waals surface area contributed by atoms with Gasteiger partial charge in [0.1, 0.15) is 11.9 Å². The number of rotatable bonds is 5. The quantitative estimate of drug-likeness (QED) is 0.661. The molecule has 0 radical (unpaired) electrons. The van der Waals surface area contributed by atoms with E-state index in [1.807, 2.05) is 0 Å². The first-order valence-electron chi connectivity index (χ1n) is 8.33. The first-order chi connectivity index (χ1) is 13.6. The van der Waals surface area contributed by atoms with Gasteiger partial charge >= 0.3 is 5.97 Å². The Morgan fingerprint density at radius 1 is 1.04 bits per heavy atom. The summed E-state index contributed by atoms with van der Waals surface area (Å²) in [5.74, 6) is -0.534. The van der Waals surface area contributed by atoms with Gasteiger partial charge in [0, 0.05) is 11.8 Å². The second kappa shape index (κ2) is 8.47. The number of aromatic nitrogens is 1. The number of hydrogen-bond acceptors (Lipinski definition) is 6. The highest BCUT2D eigenvalue weighted by Crippen LogP contribution is 2.21. The van der Waals surface area contributed by atoms with Crippen LogP contribution in [0, 0.1) is 11.3 Å². The van der Waals surface area contributed by atoms with E-state index >= 15 is 0 Å². The van der Waals surface area contributed by atoms with Gasteiger partial charge in [0.2, 0.25) is 0 Å². The minimum Gasteiger partial charge on any atom is -0.465 e. The molecular weight excluding hydrogens is 356 g/mol. The first kappa shape index (κ1) is 18.6. The molecule has 0 bridgehead atoms. The number of carbonyl (C=O) groups is 2. The maximum atomic E-state index is 12.6. The minimum atomic E-state index is -0.541. The smallest absolute Gasteiger partial charge is 0.339 e. The zero-order valence-corrected chi connectivity index (χ0v) is 15.0. The minimum absolute atomic E-state index is 0.258. The predicted octanol–water partition coefficient (Wildman–Crippen LogP) is 3.74. The topological polar surface area (TPSA) is 104 Å². The molecule has 1 aromatic heterocycles. The Bertz CT molecular complexity index is 1070. The number of amides is 1. The van der Waals surface area contributed by atoms with Crippen molar-refractivity contribution in [3.63, 3.8) is 0 Å². The number of pyridine rings is 1. The summed E-state index contributed by atoms with van der Waals surface area (Å²) in [4.78, 5) is 28.7. The molecule has 28 heavy (non-hydrogen) atoms. The van der Waals surface area contributed by atoms with Gasteiger partial charge in [0.15, 0.2) is 0 Å². The summed E-state index contributed by atoms with van der Waals surface area (Å²) in [5, 5.41) is 14.9. The molecular formula is C21H16N4O3. The molecule has 2 N–H and O–H groups in total. The van der Waals surface area contributed by atoms with Gasteiger partial charge < -0.3 is 15.4 Å². The zero-order valence-electron chi connectivity index (χ0n) is 15.0. The number of nitriles is 1. The monoisotopic (exact) mass is 372 g/mol. The molecule has 0 unspecified atom stereocenters. The molecule has 1 heterocycles. The van der Waals surface area contributed by atoms with Crippen molar-refractivity contribution in [2.45, 2.75) is 0 Å². The normalized spacial score (nSPS) is 9.86. The van der Waals surface area contributed by atoms with Crippen molar-refractivity contribution in [1.82, 2.24) is 4.98 Å². The van der Waals surface area contributed by atoms with E-state index in [0.717, 1.165) is 0 Å². The Labute approximate surface area is 161 Å². The molecule has 0 aliphatic heterocycles. The van der Waals surface area contributed by atoms with E-state index < -0.39 is 11.9 Å². The predicted molar refractivity (Wildman–Crippen MR) is 104 cm³/mol. The van der Waals surface area contributed by atoms with Gasteiger partial charge in [0.05, 0.1) is 29.6 Å². The van der Waals surface area contributed by atoms with Gasteiger partial charge in [-0.05, 0) is 36.4 Å².